The molecule has 0 aliphatic heterocycles. The first-order valence-electron chi connectivity index (χ1n) is 14.5. The second-order valence-electron chi connectivity index (χ2n) is 11.0. The number of hydrogen-bond acceptors (Lipinski definition) is 3. The van der Waals surface area contributed by atoms with Crippen LogP contribution in [0, 0.1) is 0 Å². The van der Waals surface area contributed by atoms with E-state index < -0.39 is 0 Å². The molecule has 7 aromatic carbocycles. The number of nitrogens with zero attached hydrogens (tertiary/aromatic N) is 2. The summed E-state index contributed by atoms with van der Waals surface area (Å²) in [6.07, 6.45) is 0. The summed E-state index contributed by atoms with van der Waals surface area (Å²) >= 11 is 1.74. The van der Waals surface area contributed by atoms with Crippen molar-refractivity contribution in [3.63, 3.8) is 0 Å². The summed E-state index contributed by atoms with van der Waals surface area (Å²) in [6, 6.07) is 52.0. The molecule has 0 saturated carbocycles. The molecule has 0 saturated heterocycles. The highest BCUT2D eigenvalue weighted by atomic mass is 32.1. The van der Waals surface area contributed by atoms with Crippen LogP contribution in [0.2, 0.25) is 0 Å². The minimum atomic E-state index is 1.01. The fourth-order valence-corrected chi connectivity index (χ4v) is 7.45. The third kappa shape index (κ3) is 3.86. The monoisotopic (exact) mass is 564 g/mol. The zero-order valence-corrected chi connectivity index (χ0v) is 24.0. The molecule has 9 rings (SSSR count). The van der Waals surface area contributed by atoms with Crippen LogP contribution >= 0.6 is 11.3 Å². The number of aromatic nitrogens is 2. The molecule has 200 valence electrons. The van der Waals surface area contributed by atoms with Crippen LogP contribution in [0.5, 0.6) is 0 Å². The van der Waals surface area contributed by atoms with Crippen molar-refractivity contribution >= 4 is 64.8 Å². The van der Waals surface area contributed by atoms with Gasteiger partial charge >= 0.3 is 0 Å². The van der Waals surface area contributed by atoms with Crippen molar-refractivity contribution in [1.82, 2.24) is 9.97 Å². The zero-order chi connectivity index (χ0) is 28.3. The van der Waals surface area contributed by atoms with E-state index in [-0.39, 0.29) is 0 Å². The van der Waals surface area contributed by atoms with Gasteiger partial charge in [-0.3, -0.25) is 0 Å². The summed E-state index contributed by atoms with van der Waals surface area (Å²) in [4.78, 5) is 10.2. The van der Waals surface area contributed by atoms with Gasteiger partial charge in [0.05, 0.1) is 21.4 Å². The molecular formula is C40H24N2S. The van der Waals surface area contributed by atoms with Crippen LogP contribution in [0.3, 0.4) is 0 Å². The molecular weight excluding hydrogens is 541 g/mol. The fraction of sp³-hybridized carbons (Fsp3) is 0. The molecule has 2 aromatic heterocycles. The van der Waals surface area contributed by atoms with Crippen molar-refractivity contribution < 1.29 is 0 Å². The Bertz CT molecular complexity index is 2470. The second kappa shape index (κ2) is 9.59. The molecule has 9 aromatic rings. The first-order chi connectivity index (χ1) is 21.3. The summed E-state index contributed by atoms with van der Waals surface area (Å²) < 4.78 is 1.21. The molecule has 0 fully saturated rings. The lowest BCUT2D eigenvalue weighted by atomic mass is 9.89. The van der Waals surface area contributed by atoms with E-state index in [1.165, 1.54) is 53.5 Å². The normalized spacial score (nSPS) is 11.7. The highest BCUT2D eigenvalue weighted by Gasteiger charge is 2.17. The van der Waals surface area contributed by atoms with Gasteiger partial charge in [0.1, 0.15) is 5.01 Å². The standard InChI is InChI=1S/C40H24N2S/c1-3-14-31-29(12-1)30-13-2-4-15-32(30)38-37(31)33-16-5-6-17-34(33)41-39(38)28-11-9-10-27(24-28)25-20-22-26(23-21-25)40-42-35-18-7-8-19-36(35)43-40/h1-24H. The molecule has 0 aliphatic rings. The van der Waals surface area contributed by atoms with Crippen LogP contribution in [0.25, 0.3) is 86.4 Å². The Hall–Kier alpha value is -5.38. The number of hydrogen-bond donors (Lipinski definition) is 0. The topological polar surface area (TPSA) is 25.8 Å². The van der Waals surface area contributed by atoms with Crippen LogP contribution in [0.15, 0.2) is 146 Å². The SMILES string of the molecule is c1cc(-c2ccc(-c3nc4ccccc4s3)cc2)cc(-c2nc3ccccc3c3c4ccccc4c4ccccc4c23)c1. The van der Waals surface area contributed by atoms with Crippen LogP contribution in [0.1, 0.15) is 0 Å². The molecule has 0 atom stereocenters. The molecule has 0 amide bonds. The summed E-state index contributed by atoms with van der Waals surface area (Å²) in [5.41, 5.74) is 7.67. The maximum Gasteiger partial charge on any atom is 0.124 e. The Morgan fingerprint density at radius 3 is 1.70 bits per heavy atom. The van der Waals surface area contributed by atoms with Crippen molar-refractivity contribution in [3.05, 3.63) is 146 Å². The highest BCUT2D eigenvalue weighted by Crippen LogP contribution is 2.43. The van der Waals surface area contributed by atoms with E-state index in [0.29, 0.717) is 0 Å². The fourth-order valence-electron chi connectivity index (χ4n) is 6.48. The van der Waals surface area contributed by atoms with Gasteiger partial charge in [-0.2, -0.15) is 0 Å². The Balaban J connectivity index is 1.25. The molecule has 0 radical (unpaired) electrons. The van der Waals surface area contributed by atoms with E-state index in [1.54, 1.807) is 11.3 Å². The van der Waals surface area contributed by atoms with Gasteiger partial charge < -0.3 is 0 Å². The minimum absolute atomic E-state index is 1.01. The van der Waals surface area contributed by atoms with Crippen molar-refractivity contribution in [2.45, 2.75) is 0 Å². The molecule has 0 N–H and O–H groups in total. The van der Waals surface area contributed by atoms with Gasteiger partial charge in [-0.25, -0.2) is 9.97 Å². The Kier molecular flexibility index (Phi) is 5.40. The lowest BCUT2D eigenvalue weighted by Crippen LogP contribution is -1.93. The second-order valence-corrected chi connectivity index (χ2v) is 12.0. The van der Waals surface area contributed by atoms with Crippen LogP contribution < -0.4 is 0 Å². The zero-order valence-electron chi connectivity index (χ0n) is 23.2. The van der Waals surface area contributed by atoms with Gasteiger partial charge in [-0.15, -0.1) is 11.3 Å². The predicted octanol–water partition coefficient (Wildman–Crippen LogP) is 11.3. The van der Waals surface area contributed by atoms with E-state index in [9.17, 15) is 0 Å². The van der Waals surface area contributed by atoms with Gasteiger partial charge in [0.15, 0.2) is 0 Å². The largest absolute Gasteiger partial charge is 0.247 e. The predicted molar refractivity (Wildman–Crippen MR) is 184 cm³/mol. The maximum atomic E-state index is 5.33. The van der Waals surface area contributed by atoms with Crippen LogP contribution in [-0.4, -0.2) is 9.97 Å². The van der Waals surface area contributed by atoms with E-state index in [1.807, 2.05) is 6.07 Å². The van der Waals surface area contributed by atoms with Crippen molar-refractivity contribution in [2.24, 2.45) is 0 Å². The first kappa shape index (κ1) is 24.2. The lowest BCUT2D eigenvalue weighted by Gasteiger charge is -2.16. The molecule has 0 unspecified atom stereocenters. The summed E-state index contributed by atoms with van der Waals surface area (Å²) in [5.74, 6) is 0. The third-order valence-electron chi connectivity index (χ3n) is 8.47. The average molecular weight is 565 g/mol. The molecule has 0 aliphatic carbocycles. The number of fused-ring (bicyclic) bond motifs is 9. The number of para-hydroxylation sites is 2. The smallest absolute Gasteiger partial charge is 0.124 e. The third-order valence-corrected chi connectivity index (χ3v) is 9.56. The summed E-state index contributed by atoms with van der Waals surface area (Å²) in [6.45, 7) is 0. The molecule has 0 spiro atoms. The Morgan fingerprint density at radius 1 is 0.372 bits per heavy atom. The number of pyridine rings is 1. The number of rotatable bonds is 3. The summed E-state index contributed by atoms with van der Waals surface area (Å²) in [5, 5.41) is 9.72. The van der Waals surface area contributed by atoms with Gasteiger partial charge in [0.2, 0.25) is 0 Å². The number of benzene rings is 7. The summed E-state index contributed by atoms with van der Waals surface area (Å²) in [7, 11) is 0. The lowest BCUT2D eigenvalue weighted by molar-refractivity contribution is 1.43. The number of thiazole rings is 1. The van der Waals surface area contributed by atoms with Gasteiger partial charge in [-0.1, -0.05) is 121 Å². The van der Waals surface area contributed by atoms with Gasteiger partial charge in [0.25, 0.3) is 0 Å². The van der Waals surface area contributed by atoms with E-state index >= 15 is 0 Å². The van der Waals surface area contributed by atoms with Crippen LogP contribution in [-0.2, 0) is 0 Å². The van der Waals surface area contributed by atoms with Gasteiger partial charge in [-0.05, 0) is 56.9 Å². The van der Waals surface area contributed by atoms with Gasteiger partial charge in [0, 0.05) is 27.3 Å². The highest BCUT2D eigenvalue weighted by molar-refractivity contribution is 7.21. The first-order valence-corrected chi connectivity index (χ1v) is 15.3. The Labute approximate surface area is 252 Å². The van der Waals surface area contributed by atoms with Crippen molar-refractivity contribution in [2.75, 3.05) is 0 Å². The molecule has 0 bridgehead atoms. The molecule has 2 nitrogen and oxygen atoms in total. The Morgan fingerprint density at radius 2 is 0.953 bits per heavy atom. The van der Waals surface area contributed by atoms with E-state index in [4.69, 9.17) is 9.97 Å². The average Bonchev–Trinajstić information content (AvgIpc) is 3.52. The minimum Gasteiger partial charge on any atom is -0.247 e. The van der Waals surface area contributed by atoms with E-state index in [0.717, 1.165) is 32.9 Å². The van der Waals surface area contributed by atoms with Crippen LogP contribution in [0.4, 0.5) is 0 Å². The van der Waals surface area contributed by atoms with Crippen molar-refractivity contribution in [1.29, 1.82) is 0 Å². The van der Waals surface area contributed by atoms with E-state index in [2.05, 4.69) is 140 Å². The quantitative estimate of drug-likeness (QED) is 0.199. The van der Waals surface area contributed by atoms with Crippen molar-refractivity contribution in [3.8, 4) is 33.0 Å². The molecule has 3 heteroatoms. The molecule has 43 heavy (non-hydrogen) atoms. The molecule has 2 heterocycles. The maximum absolute atomic E-state index is 5.33.